The number of likely N-dealkylation sites (tertiary alicyclic amines) is 1. The van der Waals surface area contributed by atoms with Gasteiger partial charge in [0.25, 0.3) is 0 Å². The van der Waals surface area contributed by atoms with E-state index in [1.165, 1.54) is 45.2 Å². The molecule has 1 saturated heterocycles. The molecular formula is C12H25NOS. The highest BCUT2D eigenvalue weighted by molar-refractivity contribution is 7.84. The van der Waals surface area contributed by atoms with Crippen LogP contribution in [0.5, 0.6) is 0 Å². The first kappa shape index (κ1) is 13.2. The highest BCUT2D eigenvalue weighted by Crippen LogP contribution is 2.16. The molecule has 3 heteroatoms. The van der Waals surface area contributed by atoms with Gasteiger partial charge in [0.05, 0.1) is 0 Å². The van der Waals surface area contributed by atoms with Gasteiger partial charge in [-0.2, -0.15) is 0 Å². The minimum atomic E-state index is -0.602. The number of rotatable bonds is 6. The number of hydrogen-bond acceptors (Lipinski definition) is 2. The van der Waals surface area contributed by atoms with E-state index in [1.807, 2.05) is 6.92 Å². The maximum atomic E-state index is 11.6. The van der Waals surface area contributed by atoms with Crippen LogP contribution in [0, 0.1) is 0 Å². The third-order valence-corrected chi connectivity index (χ3v) is 4.63. The molecular weight excluding hydrogens is 206 g/mol. The van der Waals surface area contributed by atoms with Crippen molar-refractivity contribution in [1.29, 1.82) is 0 Å². The zero-order chi connectivity index (χ0) is 11.1. The fourth-order valence-electron chi connectivity index (χ4n) is 2.32. The second-order valence-electron chi connectivity index (χ2n) is 4.43. The van der Waals surface area contributed by atoms with Crippen LogP contribution in [0.2, 0.25) is 0 Å². The number of nitrogens with zero attached hydrogens (tertiary/aromatic N) is 1. The van der Waals surface area contributed by atoms with E-state index in [9.17, 15) is 4.21 Å². The first-order valence-electron chi connectivity index (χ1n) is 6.37. The molecule has 0 aromatic rings. The summed E-state index contributed by atoms with van der Waals surface area (Å²) in [7, 11) is -0.602. The van der Waals surface area contributed by atoms with E-state index in [-0.39, 0.29) is 0 Å². The van der Waals surface area contributed by atoms with Gasteiger partial charge in [0, 0.05) is 28.3 Å². The van der Waals surface area contributed by atoms with E-state index in [1.54, 1.807) is 0 Å². The van der Waals surface area contributed by atoms with E-state index >= 15 is 0 Å². The Morgan fingerprint density at radius 3 is 2.40 bits per heavy atom. The van der Waals surface area contributed by atoms with Crippen LogP contribution < -0.4 is 0 Å². The molecule has 15 heavy (non-hydrogen) atoms. The monoisotopic (exact) mass is 231 g/mol. The summed E-state index contributed by atoms with van der Waals surface area (Å²) < 4.78 is 11.6. The van der Waals surface area contributed by atoms with E-state index < -0.39 is 10.8 Å². The zero-order valence-corrected chi connectivity index (χ0v) is 11.0. The fraction of sp³-hybridized carbons (Fsp3) is 1.00. The quantitative estimate of drug-likeness (QED) is 0.699. The zero-order valence-electron chi connectivity index (χ0n) is 10.2. The van der Waals surface area contributed by atoms with Crippen molar-refractivity contribution >= 4 is 10.8 Å². The predicted octanol–water partition coefficient (Wildman–Crippen LogP) is 2.41. The molecule has 1 fully saturated rings. The Kier molecular flexibility index (Phi) is 6.50. The Morgan fingerprint density at radius 2 is 1.87 bits per heavy atom. The van der Waals surface area contributed by atoms with E-state index in [0.29, 0.717) is 6.04 Å². The van der Waals surface area contributed by atoms with Crippen molar-refractivity contribution in [1.82, 2.24) is 4.90 Å². The third kappa shape index (κ3) is 4.64. The SMILES string of the molecule is CCCC(CS(=O)CC)N1CCCCC1. The van der Waals surface area contributed by atoms with Crippen molar-refractivity contribution < 1.29 is 4.21 Å². The molecule has 0 aromatic carbocycles. The Morgan fingerprint density at radius 1 is 1.20 bits per heavy atom. The summed E-state index contributed by atoms with van der Waals surface area (Å²) >= 11 is 0. The minimum absolute atomic E-state index is 0.580. The normalized spacial score (nSPS) is 22.5. The average Bonchev–Trinajstić information content (AvgIpc) is 2.29. The molecule has 0 N–H and O–H groups in total. The average molecular weight is 231 g/mol. The van der Waals surface area contributed by atoms with Gasteiger partial charge < -0.3 is 0 Å². The maximum absolute atomic E-state index is 11.6. The van der Waals surface area contributed by atoms with Gasteiger partial charge in [-0.1, -0.05) is 26.7 Å². The number of piperidine rings is 1. The van der Waals surface area contributed by atoms with Crippen LogP contribution in [0.4, 0.5) is 0 Å². The lowest BCUT2D eigenvalue weighted by atomic mass is 10.1. The molecule has 0 spiro atoms. The van der Waals surface area contributed by atoms with Crippen LogP contribution in [-0.2, 0) is 10.8 Å². The van der Waals surface area contributed by atoms with Crippen molar-refractivity contribution in [2.45, 2.75) is 52.0 Å². The molecule has 0 aromatic heterocycles. The molecule has 0 bridgehead atoms. The number of hydrogen-bond donors (Lipinski definition) is 0. The van der Waals surface area contributed by atoms with Gasteiger partial charge in [0.2, 0.25) is 0 Å². The summed E-state index contributed by atoms with van der Waals surface area (Å²) in [5.41, 5.74) is 0. The Balaban J connectivity index is 2.43. The van der Waals surface area contributed by atoms with Crippen LogP contribution >= 0.6 is 0 Å². The fourth-order valence-corrected chi connectivity index (χ4v) is 3.36. The van der Waals surface area contributed by atoms with Crippen molar-refractivity contribution in [2.75, 3.05) is 24.6 Å². The van der Waals surface area contributed by atoms with Gasteiger partial charge in [-0.15, -0.1) is 0 Å². The summed E-state index contributed by atoms with van der Waals surface area (Å²) in [6, 6.07) is 0.580. The molecule has 0 saturated carbocycles. The van der Waals surface area contributed by atoms with Gasteiger partial charge in [0.1, 0.15) is 0 Å². The van der Waals surface area contributed by atoms with Crippen LogP contribution in [0.25, 0.3) is 0 Å². The van der Waals surface area contributed by atoms with Crippen molar-refractivity contribution in [3.05, 3.63) is 0 Å². The molecule has 2 atom stereocenters. The Labute approximate surface area is 96.9 Å². The second-order valence-corrected chi connectivity index (χ2v) is 6.22. The molecule has 2 nitrogen and oxygen atoms in total. The summed E-state index contributed by atoms with van der Waals surface area (Å²) in [4.78, 5) is 2.57. The van der Waals surface area contributed by atoms with Gasteiger partial charge in [0.15, 0.2) is 0 Å². The lowest BCUT2D eigenvalue weighted by Crippen LogP contribution is -2.42. The molecule has 1 aliphatic rings. The summed E-state index contributed by atoms with van der Waals surface area (Å²) in [6.07, 6.45) is 6.47. The highest BCUT2D eigenvalue weighted by atomic mass is 32.2. The van der Waals surface area contributed by atoms with Gasteiger partial charge in [-0.05, 0) is 32.4 Å². The Hall–Kier alpha value is 0.110. The van der Waals surface area contributed by atoms with Gasteiger partial charge in [-0.25, -0.2) is 0 Å². The van der Waals surface area contributed by atoms with Crippen molar-refractivity contribution in [2.24, 2.45) is 0 Å². The largest absolute Gasteiger partial charge is 0.299 e. The predicted molar refractivity (Wildman–Crippen MR) is 67.7 cm³/mol. The Bertz CT molecular complexity index is 190. The molecule has 0 amide bonds. The first-order valence-corrected chi connectivity index (χ1v) is 7.85. The van der Waals surface area contributed by atoms with Gasteiger partial charge >= 0.3 is 0 Å². The lowest BCUT2D eigenvalue weighted by molar-refractivity contribution is 0.168. The van der Waals surface area contributed by atoms with Gasteiger partial charge in [-0.3, -0.25) is 9.11 Å². The topological polar surface area (TPSA) is 20.3 Å². The molecule has 90 valence electrons. The van der Waals surface area contributed by atoms with E-state index in [2.05, 4.69) is 11.8 Å². The van der Waals surface area contributed by atoms with Crippen molar-refractivity contribution in [3.8, 4) is 0 Å². The minimum Gasteiger partial charge on any atom is -0.299 e. The smallest absolute Gasteiger partial charge is 0.0390 e. The first-order chi connectivity index (χ1) is 7.27. The standard InChI is InChI=1S/C12H25NOS/c1-3-8-12(11-15(14)4-2)13-9-6-5-7-10-13/h12H,3-11H2,1-2H3. The summed E-state index contributed by atoms with van der Waals surface area (Å²) in [5, 5.41) is 0. The third-order valence-electron chi connectivity index (χ3n) is 3.23. The molecule has 2 unspecified atom stereocenters. The molecule has 1 heterocycles. The van der Waals surface area contributed by atoms with E-state index in [4.69, 9.17) is 0 Å². The second kappa shape index (κ2) is 7.39. The summed E-state index contributed by atoms with van der Waals surface area (Å²) in [6.45, 7) is 6.71. The van der Waals surface area contributed by atoms with Crippen LogP contribution in [-0.4, -0.2) is 39.7 Å². The lowest BCUT2D eigenvalue weighted by Gasteiger charge is -2.34. The molecule has 1 aliphatic heterocycles. The maximum Gasteiger partial charge on any atom is 0.0390 e. The summed E-state index contributed by atoms with van der Waals surface area (Å²) in [5.74, 6) is 1.71. The van der Waals surface area contributed by atoms with Crippen LogP contribution in [0.15, 0.2) is 0 Å². The highest BCUT2D eigenvalue weighted by Gasteiger charge is 2.21. The molecule has 0 aliphatic carbocycles. The van der Waals surface area contributed by atoms with E-state index in [0.717, 1.165) is 11.5 Å². The molecule has 1 rings (SSSR count). The molecule has 0 radical (unpaired) electrons. The van der Waals surface area contributed by atoms with Crippen molar-refractivity contribution in [3.63, 3.8) is 0 Å². The van der Waals surface area contributed by atoms with Crippen LogP contribution in [0.3, 0.4) is 0 Å². The van der Waals surface area contributed by atoms with Crippen LogP contribution in [0.1, 0.15) is 46.0 Å².